The molecule has 28 heavy (non-hydrogen) atoms. The Morgan fingerprint density at radius 1 is 1.25 bits per heavy atom. The molecule has 7 heteroatoms. The molecule has 1 aromatic rings. The Balaban J connectivity index is 1.46. The zero-order valence-corrected chi connectivity index (χ0v) is 17.8. The third-order valence-electron chi connectivity index (χ3n) is 5.24. The second kappa shape index (κ2) is 10.3. The number of hydrogen-bond acceptors (Lipinski definition) is 4. The standard InChI is InChI=1S/C21H33ClN4O2/c1-16(2)14-25-10-11-28-18(15-25)13-23-21(27)24-17-6-7-20(19(22)12-17)26-8-4-3-5-9-26/h6-7,12,16,18H,3-5,8-11,13-15H2,1-2H3,(H2,23,24,27). The highest BCUT2D eigenvalue weighted by molar-refractivity contribution is 6.33. The van der Waals surface area contributed by atoms with E-state index in [0.29, 0.717) is 29.8 Å². The molecule has 1 aromatic carbocycles. The van der Waals surface area contributed by atoms with Gasteiger partial charge in [0.15, 0.2) is 0 Å². The van der Waals surface area contributed by atoms with E-state index >= 15 is 0 Å². The number of benzene rings is 1. The molecule has 0 saturated carbocycles. The third kappa shape index (κ3) is 6.26. The summed E-state index contributed by atoms with van der Waals surface area (Å²) in [7, 11) is 0. The van der Waals surface area contributed by atoms with Crippen LogP contribution in [0.5, 0.6) is 0 Å². The van der Waals surface area contributed by atoms with Crippen molar-refractivity contribution >= 4 is 29.0 Å². The fourth-order valence-electron chi connectivity index (χ4n) is 3.94. The lowest BCUT2D eigenvalue weighted by Gasteiger charge is -2.33. The highest BCUT2D eigenvalue weighted by Crippen LogP contribution is 2.30. The molecule has 0 bridgehead atoms. The zero-order chi connectivity index (χ0) is 19.9. The van der Waals surface area contributed by atoms with E-state index in [0.717, 1.165) is 38.4 Å². The summed E-state index contributed by atoms with van der Waals surface area (Å²) in [5.74, 6) is 0.632. The van der Waals surface area contributed by atoms with Crippen LogP contribution in [0.3, 0.4) is 0 Å². The number of urea groups is 1. The van der Waals surface area contributed by atoms with Crippen molar-refractivity contribution in [3.8, 4) is 0 Å². The Kier molecular flexibility index (Phi) is 7.82. The quantitative estimate of drug-likeness (QED) is 0.751. The molecule has 2 fully saturated rings. The molecule has 6 nitrogen and oxygen atoms in total. The summed E-state index contributed by atoms with van der Waals surface area (Å²) in [6.07, 6.45) is 3.73. The number of piperidine rings is 1. The van der Waals surface area contributed by atoms with Gasteiger partial charge in [-0.2, -0.15) is 0 Å². The lowest BCUT2D eigenvalue weighted by molar-refractivity contribution is -0.0288. The molecule has 156 valence electrons. The lowest BCUT2D eigenvalue weighted by atomic mass is 10.1. The average molecular weight is 409 g/mol. The van der Waals surface area contributed by atoms with Gasteiger partial charge in [0.2, 0.25) is 0 Å². The summed E-state index contributed by atoms with van der Waals surface area (Å²) in [6, 6.07) is 5.51. The smallest absolute Gasteiger partial charge is 0.319 e. The van der Waals surface area contributed by atoms with Crippen LogP contribution in [0.25, 0.3) is 0 Å². The maximum atomic E-state index is 12.3. The number of halogens is 1. The summed E-state index contributed by atoms with van der Waals surface area (Å²) >= 11 is 6.46. The molecule has 2 aliphatic heterocycles. The number of nitrogens with zero attached hydrogens (tertiary/aromatic N) is 2. The number of carbonyl (C=O) groups excluding carboxylic acids is 1. The predicted octanol–water partition coefficient (Wildman–Crippen LogP) is 3.81. The van der Waals surface area contributed by atoms with E-state index in [1.165, 1.54) is 19.3 Å². The van der Waals surface area contributed by atoms with Crippen LogP contribution in [-0.2, 0) is 4.74 Å². The van der Waals surface area contributed by atoms with Crippen LogP contribution >= 0.6 is 11.6 Å². The molecule has 2 amide bonds. The molecule has 1 unspecified atom stereocenters. The van der Waals surface area contributed by atoms with E-state index < -0.39 is 0 Å². The van der Waals surface area contributed by atoms with Crippen molar-refractivity contribution in [2.45, 2.75) is 39.2 Å². The largest absolute Gasteiger partial charge is 0.374 e. The first-order valence-electron chi connectivity index (χ1n) is 10.4. The second-order valence-corrected chi connectivity index (χ2v) is 8.60. The Labute approximate surface area is 173 Å². The summed E-state index contributed by atoms with van der Waals surface area (Å²) in [5, 5.41) is 6.47. The Morgan fingerprint density at radius 3 is 2.75 bits per heavy atom. The molecule has 2 aliphatic rings. The fourth-order valence-corrected chi connectivity index (χ4v) is 4.24. The monoisotopic (exact) mass is 408 g/mol. The van der Waals surface area contributed by atoms with Crippen molar-refractivity contribution in [2.75, 3.05) is 56.1 Å². The van der Waals surface area contributed by atoms with E-state index in [-0.39, 0.29) is 12.1 Å². The number of amides is 2. The Bertz CT molecular complexity index is 649. The van der Waals surface area contributed by atoms with Gasteiger partial charge in [-0.3, -0.25) is 4.90 Å². The first-order valence-corrected chi connectivity index (χ1v) is 10.8. The molecular weight excluding hydrogens is 376 g/mol. The normalized spacial score (nSPS) is 21.0. The number of morpholine rings is 1. The van der Waals surface area contributed by atoms with Crippen LogP contribution in [0, 0.1) is 5.92 Å². The summed E-state index contributed by atoms with van der Waals surface area (Å²) < 4.78 is 5.78. The van der Waals surface area contributed by atoms with Crippen LogP contribution in [0.15, 0.2) is 18.2 Å². The van der Waals surface area contributed by atoms with Gasteiger partial charge in [-0.05, 0) is 43.4 Å². The van der Waals surface area contributed by atoms with Gasteiger partial charge < -0.3 is 20.3 Å². The van der Waals surface area contributed by atoms with E-state index in [2.05, 4.69) is 34.3 Å². The Morgan fingerprint density at radius 2 is 2.04 bits per heavy atom. The Hall–Kier alpha value is -1.50. The topological polar surface area (TPSA) is 56.8 Å². The minimum atomic E-state index is -0.230. The molecule has 1 atom stereocenters. The summed E-state index contributed by atoms with van der Waals surface area (Å²) in [6.45, 7) is 10.6. The van der Waals surface area contributed by atoms with Crippen LogP contribution < -0.4 is 15.5 Å². The maximum absolute atomic E-state index is 12.3. The van der Waals surface area contributed by atoms with Crippen LogP contribution in [0.1, 0.15) is 33.1 Å². The second-order valence-electron chi connectivity index (χ2n) is 8.20. The van der Waals surface area contributed by atoms with E-state index in [1.54, 1.807) is 0 Å². The van der Waals surface area contributed by atoms with Gasteiger partial charge in [-0.1, -0.05) is 25.4 Å². The van der Waals surface area contributed by atoms with Gasteiger partial charge in [0.1, 0.15) is 0 Å². The van der Waals surface area contributed by atoms with E-state index in [9.17, 15) is 4.79 Å². The zero-order valence-electron chi connectivity index (χ0n) is 17.0. The molecule has 0 radical (unpaired) electrons. The number of ether oxygens (including phenoxy) is 1. The number of rotatable bonds is 6. The van der Waals surface area contributed by atoms with Crippen molar-refractivity contribution in [2.24, 2.45) is 5.92 Å². The van der Waals surface area contributed by atoms with Gasteiger partial charge in [0.05, 0.1) is 23.4 Å². The number of hydrogen-bond donors (Lipinski definition) is 2. The molecule has 0 spiro atoms. The SMILES string of the molecule is CC(C)CN1CCOC(CNC(=O)Nc2ccc(N3CCCCC3)c(Cl)c2)C1. The minimum Gasteiger partial charge on any atom is -0.374 e. The van der Waals surface area contributed by atoms with Crippen LogP contribution in [0.2, 0.25) is 5.02 Å². The van der Waals surface area contributed by atoms with Crippen molar-refractivity contribution in [3.05, 3.63) is 23.2 Å². The third-order valence-corrected chi connectivity index (χ3v) is 5.54. The first-order chi connectivity index (χ1) is 13.5. The molecular formula is C21H33ClN4O2. The maximum Gasteiger partial charge on any atom is 0.319 e. The van der Waals surface area contributed by atoms with Crippen molar-refractivity contribution in [1.29, 1.82) is 0 Å². The van der Waals surface area contributed by atoms with Gasteiger partial charge in [-0.25, -0.2) is 4.79 Å². The summed E-state index contributed by atoms with van der Waals surface area (Å²) in [5.41, 5.74) is 1.75. The number of nitrogens with one attached hydrogen (secondary N) is 2. The average Bonchev–Trinajstić information content (AvgIpc) is 2.67. The highest BCUT2D eigenvalue weighted by atomic mass is 35.5. The van der Waals surface area contributed by atoms with Crippen molar-refractivity contribution < 1.29 is 9.53 Å². The van der Waals surface area contributed by atoms with Gasteiger partial charge in [0.25, 0.3) is 0 Å². The first kappa shape index (κ1) is 21.2. The van der Waals surface area contributed by atoms with E-state index in [1.807, 2.05) is 18.2 Å². The van der Waals surface area contributed by atoms with Gasteiger partial charge in [-0.15, -0.1) is 0 Å². The van der Waals surface area contributed by atoms with Gasteiger partial charge in [0, 0.05) is 45.0 Å². The fraction of sp³-hybridized carbons (Fsp3) is 0.667. The molecule has 2 N–H and O–H groups in total. The number of carbonyl (C=O) groups is 1. The minimum absolute atomic E-state index is 0.0308. The molecule has 0 aliphatic carbocycles. The molecule has 3 rings (SSSR count). The number of anilines is 2. The van der Waals surface area contributed by atoms with Crippen LogP contribution in [0.4, 0.5) is 16.2 Å². The molecule has 2 saturated heterocycles. The van der Waals surface area contributed by atoms with E-state index in [4.69, 9.17) is 16.3 Å². The summed E-state index contributed by atoms with van der Waals surface area (Å²) in [4.78, 5) is 17.0. The van der Waals surface area contributed by atoms with Gasteiger partial charge >= 0.3 is 6.03 Å². The predicted molar refractivity (Wildman–Crippen MR) is 116 cm³/mol. The lowest BCUT2D eigenvalue weighted by Crippen LogP contribution is -2.48. The molecule has 0 aromatic heterocycles. The molecule has 2 heterocycles. The van der Waals surface area contributed by atoms with Crippen molar-refractivity contribution in [1.82, 2.24) is 10.2 Å². The van der Waals surface area contributed by atoms with Crippen LogP contribution in [-0.4, -0.2) is 62.9 Å². The van der Waals surface area contributed by atoms with Crippen molar-refractivity contribution in [3.63, 3.8) is 0 Å². The highest BCUT2D eigenvalue weighted by Gasteiger charge is 2.21.